The number of hydrogen-bond acceptors (Lipinski definition) is 5. The minimum atomic E-state index is -0.747. The predicted octanol–water partition coefficient (Wildman–Crippen LogP) is 1.58. The molecular formula is C22H29FN2O3. The molecule has 0 amide bonds. The van der Waals surface area contributed by atoms with E-state index >= 15 is 0 Å². The average molecular weight is 388 g/mol. The molecule has 0 bridgehead atoms. The number of hydrogen-bond donors (Lipinski definition) is 3. The van der Waals surface area contributed by atoms with E-state index in [2.05, 4.69) is 22.3 Å². The van der Waals surface area contributed by atoms with Crippen LogP contribution in [-0.4, -0.2) is 66.2 Å². The average Bonchev–Trinajstić information content (AvgIpc) is 3.04. The largest absolute Gasteiger partial charge is 0.394 e. The van der Waals surface area contributed by atoms with Crippen LogP contribution in [0.2, 0.25) is 0 Å². The molecule has 2 aromatic carbocycles. The molecule has 2 aromatic rings. The van der Waals surface area contributed by atoms with E-state index < -0.39 is 12.2 Å². The van der Waals surface area contributed by atoms with Crippen molar-refractivity contribution < 1.29 is 19.3 Å². The first-order valence-electron chi connectivity index (χ1n) is 9.72. The Morgan fingerprint density at radius 2 is 1.75 bits per heavy atom. The molecule has 1 aliphatic rings. The van der Waals surface area contributed by atoms with Crippen LogP contribution in [0.15, 0.2) is 54.6 Å². The van der Waals surface area contributed by atoms with Crippen LogP contribution in [0.4, 0.5) is 4.39 Å². The number of aliphatic hydroxyl groups excluding tert-OH is 2. The van der Waals surface area contributed by atoms with Crippen molar-refractivity contribution in [1.29, 1.82) is 0 Å². The Bertz CT molecular complexity index is 713. The normalized spacial score (nSPS) is 24.8. The van der Waals surface area contributed by atoms with Gasteiger partial charge in [0.15, 0.2) is 0 Å². The summed E-state index contributed by atoms with van der Waals surface area (Å²) >= 11 is 0. The Morgan fingerprint density at radius 1 is 1.04 bits per heavy atom. The number of rotatable bonds is 9. The highest BCUT2D eigenvalue weighted by Crippen LogP contribution is 2.25. The Kier molecular flexibility index (Phi) is 7.53. The molecule has 5 nitrogen and oxygen atoms in total. The fourth-order valence-corrected chi connectivity index (χ4v) is 3.75. The van der Waals surface area contributed by atoms with Crippen molar-refractivity contribution in [2.75, 3.05) is 26.7 Å². The molecule has 0 radical (unpaired) electrons. The minimum absolute atomic E-state index is 0.207. The second kappa shape index (κ2) is 10.1. The summed E-state index contributed by atoms with van der Waals surface area (Å²) in [5, 5.41) is 23.5. The maximum absolute atomic E-state index is 13.0. The molecule has 1 saturated heterocycles. The third-order valence-corrected chi connectivity index (χ3v) is 5.33. The second-order valence-corrected chi connectivity index (χ2v) is 7.35. The van der Waals surface area contributed by atoms with Crippen molar-refractivity contribution in [3.63, 3.8) is 0 Å². The van der Waals surface area contributed by atoms with Gasteiger partial charge in [-0.3, -0.25) is 4.90 Å². The van der Waals surface area contributed by atoms with E-state index in [1.54, 1.807) is 12.1 Å². The van der Waals surface area contributed by atoms with E-state index in [9.17, 15) is 14.6 Å². The van der Waals surface area contributed by atoms with Crippen molar-refractivity contribution in [2.24, 2.45) is 0 Å². The molecule has 4 atom stereocenters. The molecule has 0 saturated carbocycles. The van der Waals surface area contributed by atoms with Gasteiger partial charge in [0.2, 0.25) is 0 Å². The van der Waals surface area contributed by atoms with Crippen LogP contribution >= 0.6 is 0 Å². The van der Waals surface area contributed by atoms with E-state index in [4.69, 9.17) is 4.74 Å². The molecule has 0 aliphatic carbocycles. The van der Waals surface area contributed by atoms with Crippen LogP contribution in [0, 0.1) is 5.82 Å². The highest BCUT2D eigenvalue weighted by atomic mass is 19.1. The minimum Gasteiger partial charge on any atom is -0.394 e. The highest BCUT2D eigenvalue weighted by molar-refractivity contribution is 5.16. The summed E-state index contributed by atoms with van der Waals surface area (Å²) in [6.45, 7) is 1.69. The molecule has 28 heavy (non-hydrogen) atoms. The lowest BCUT2D eigenvalue weighted by molar-refractivity contribution is -0.0213. The molecule has 0 aromatic heterocycles. The fraction of sp³-hybridized carbons (Fsp3) is 0.455. The summed E-state index contributed by atoms with van der Waals surface area (Å²) in [5.74, 6) is -0.253. The Morgan fingerprint density at radius 3 is 2.43 bits per heavy atom. The van der Waals surface area contributed by atoms with E-state index in [0.717, 1.165) is 18.5 Å². The Hall–Kier alpha value is -1.83. The Labute approximate surface area is 165 Å². The first-order chi connectivity index (χ1) is 13.6. The molecule has 1 heterocycles. The van der Waals surface area contributed by atoms with Gasteiger partial charge in [0.1, 0.15) is 18.0 Å². The predicted molar refractivity (Wildman–Crippen MR) is 106 cm³/mol. The van der Waals surface area contributed by atoms with Gasteiger partial charge in [-0.2, -0.15) is 0 Å². The molecule has 3 rings (SSSR count). The molecule has 0 spiro atoms. The van der Waals surface area contributed by atoms with E-state index in [1.165, 1.54) is 17.7 Å². The van der Waals surface area contributed by atoms with Gasteiger partial charge in [-0.15, -0.1) is 0 Å². The summed E-state index contributed by atoms with van der Waals surface area (Å²) in [6, 6.07) is 16.4. The van der Waals surface area contributed by atoms with E-state index in [-0.39, 0.29) is 24.6 Å². The van der Waals surface area contributed by atoms with Gasteiger partial charge in [0.25, 0.3) is 0 Å². The maximum atomic E-state index is 13.0. The zero-order chi connectivity index (χ0) is 19.9. The van der Waals surface area contributed by atoms with Crippen molar-refractivity contribution in [2.45, 2.75) is 37.3 Å². The standard InChI is InChI=1S/C22H29FN2O3/c1-25(12-11-16-5-3-2-4-6-16)21-19(28-20(15-26)22(21)27)14-24-13-17-7-9-18(23)10-8-17/h2-10,19-22,24,26-27H,11-15H2,1H3/t19-,20+,21+,22-/m1/s1. The molecule has 1 aliphatic heterocycles. The molecular weight excluding hydrogens is 359 g/mol. The SMILES string of the molecule is CN(CCc1ccccc1)[C@@H]1[C@H](O)[C@H](CO)O[C@@H]1CNCc1ccc(F)cc1. The van der Waals surface area contributed by atoms with Crippen molar-refractivity contribution in [1.82, 2.24) is 10.2 Å². The van der Waals surface area contributed by atoms with Crippen molar-refractivity contribution >= 4 is 0 Å². The van der Waals surface area contributed by atoms with Crippen LogP contribution in [0.1, 0.15) is 11.1 Å². The molecule has 3 N–H and O–H groups in total. The summed E-state index contributed by atoms with van der Waals surface area (Å²) in [6.07, 6.45) is -0.696. The quantitative estimate of drug-likeness (QED) is 0.609. The molecule has 0 unspecified atom stereocenters. The lowest BCUT2D eigenvalue weighted by Crippen LogP contribution is -2.49. The van der Waals surface area contributed by atoms with E-state index in [1.807, 2.05) is 25.2 Å². The van der Waals surface area contributed by atoms with Crippen LogP contribution in [-0.2, 0) is 17.7 Å². The number of ether oxygens (including phenoxy) is 1. The number of halogens is 1. The lowest BCUT2D eigenvalue weighted by atomic mass is 10.0. The van der Waals surface area contributed by atoms with Crippen LogP contribution in [0.5, 0.6) is 0 Å². The first-order valence-corrected chi connectivity index (χ1v) is 9.72. The first kappa shape index (κ1) is 20.9. The van der Waals surface area contributed by atoms with Gasteiger partial charge in [0, 0.05) is 19.6 Å². The maximum Gasteiger partial charge on any atom is 0.123 e. The summed E-state index contributed by atoms with van der Waals surface area (Å²) in [5.41, 5.74) is 2.22. The van der Waals surface area contributed by atoms with Gasteiger partial charge in [-0.25, -0.2) is 4.39 Å². The molecule has 152 valence electrons. The third kappa shape index (κ3) is 5.37. The zero-order valence-corrected chi connectivity index (χ0v) is 16.2. The number of likely N-dealkylation sites (N-methyl/N-ethyl adjacent to an activating group) is 1. The third-order valence-electron chi connectivity index (χ3n) is 5.33. The van der Waals surface area contributed by atoms with Gasteiger partial charge >= 0.3 is 0 Å². The summed E-state index contributed by atoms with van der Waals surface area (Å²) in [4.78, 5) is 2.11. The topological polar surface area (TPSA) is 65.0 Å². The highest BCUT2D eigenvalue weighted by Gasteiger charge is 2.44. The fourth-order valence-electron chi connectivity index (χ4n) is 3.75. The summed E-state index contributed by atoms with van der Waals surface area (Å²) in [7, 11) is 1.98. The van der Waals surface area contributed by atoms with Gasteiger partial charge < -0.3 is 20.3 Å². The lowest BCUT2D eigenvalue weighted by Gasteiger charge is -2.30. The van der Waals surface area contributed by atoms with Crippen LogP contribution < -0.4 is 5.32 Å². The zero-order valence-electron chi connectivity index (χ0n) is 16.2. The molecule has 6 heteroatoms. The summed E-state index contributed by atoms with van der Waals surface area (Å²) < 4.78 is 18.9. The number of benzene rings is 2. The van der Waals surface area contributed by atoms with Crippen LogP contribution in [0.25, 0.3) is 0 Å². The van der Waals surface area contributed by atoms with Gasteiger partial charge in [-0.05, 0) is 36.7 Å². The number of aliphatic hydroxyl groups is 2. The van der Waals surface area contributed by atoms with Crippen molar-refractivity contribution in [3.05, 3.63) is 71.5 Å². The van der Waals surface area contributed by atoms with Gasteiger partial charge in [0.05, 0.1) is 18.8 Å². The molecule has 1 fully saturated rings. The number of nitrogens with one attached hydrogen (secondary N) is 1. The smallest absolute Gasteiger partial charge is 0.123 e. The number of nitrogens with zero attached hydrogens (tertiary/aromatic N) is 1. The Balaban J connectivity index is 1.56. The van der Waals surface area contributed by atoms with Crippen LogP contribution in [0.3, 0.4) is 0 Å². The van der Waals surface area contributed by atoms with E-state index in [0.29, 0.717) is 13.1 Å². The second-order valence-electron chi connectivity index (χ2n) is 7.35. The van der Waals surface area contributed by atoms with Crippen molar-refractivity contribution in [3.8, 4) is 0 Å². The monoisotopic (exact) mass is 388 g/mol. The van der Waals surface area contributed by atoms with Gasteiger partial charge in [-0.1, -0.05) is 42.5 Å².